The molecule has 2 aliphatic rings. The molecule has 0 bridgehead atoms. The average molecular weight is 431 g/mol. The summed E-state index contributed by atoms with van der Waals surface area (Å²) in [6.07, 6.45) is 5.10. The zero-order chi connectivity index (χ0) is 21.0. The van der Waals surface area contributed by atoms with Gasteiger partial charge < -0.3 is 5.11 Å². The molecule has 0 spiro atoms. The number of thiocarbonyl (C=S) groups is 1. The summed E-state index contributed by atoms with van der Waals surface area (Å²) in [7, 11) is 0. The topological polar surface area (TPSA) is 95.0 Å². The van der Waals surface area contributed by atoms with Crippen molar-refractivity contribution in [3.8, 4) is 0 Å². The van der Waals surface area contributed by atoms with Gasteiger partial charge in [-0.15, -0.1) is 0 Å². The van der Waals surface area contributed by atoms with E-state index in [4.69, 9.17) is 17.3 Å². The zero-order valence-corrected chi connectivity index (χ0v) is 16.9. The maximum absolute atomic E-state index is 12.8. The summed E-state index contributed by atoms with van der Waals surface area (Å²) in [5.41, 5.74) is 0.979. The molecule has 150 valence electrons. The Morgan fingerprint density at radius 2 is 1.97 bits per heavy atom. The number of aliphatic carboxylic acids is 1. The van der Waals surface area contributed by atoms with Crippen LogP contribution < -0.4 is 0 Å². The highest BCUT2D eigenvalue weighted by Gasteiger charge is 2.48. The predicted molar refractivity (Wildman–Crippen MR) is 113 cm³/mol. The van der Waals surface area contributed by atoms with Crippen molar-refractivity contribution in [2.75, 3.05) is 6.54 Å². The van der Waals surface area contributed by atoms with Gasteiger partial charge in [-0.05, 0) is 18.1 Å². The predicted octanol–water partition coefficient (Wildman–Crippen LogP) is 2.44. The molecule has 1 aromatic rings. The standard InChI is InChI=1S/C20H18N2O5S2/c23-16-12-14(18(26)21(16)11-5-10-17(24)25)22-19(27)15(29-20(22)28)9-4-8-13-6-2-1-3-7-13/h1-4,6-9,14H,5,10-12H2,(H,24,25)/b8-4+,15-9-. The van der Waals surface area contributed by atoms with E-state index in [1.165, 1.54) is 4.90 Å². The Bertz CT molecular complexity index is 926. The summed E-state index contributed by atoms with van der Waals surface area (Å²) < 4.78 is 0.230. The highest BCUT2D eigenvalue weighted by atomic mass is 32.2. The molecule has 2 fully saturated rings. The summed E-state index contributed by atoms with van der Waals surface area (Å²) in [6, 6.07) is 8.61. The minimum atomic E-state index is -0.994. The van der Waals surface area contributed by atoms with Gasteiger partial charge in [-0.25, -0.2) is 0 Å². The number of carboxylic acid groups (broad SMARTS) is 1. The average Bonchev–Trinajstić information content (AvgIpc) is 3.11. The van der Waals surface area contributed by atoms with Crippen molar-refractivity contribution >= 4 is 58.1 Å². The minimum Gasteiger partial charge on any atom is -0.481 e. The number of hydrogen-bond donors (Lipinski definition) is 1. The van der Waals surface area contributed by atoms with E-state index >= 15 is 0 Å². The molecule has 7 nitrogen and oxygen atoms in total. The van der Waals surface area contributed by atoms with Gasteiger partial charge in [-0.1, -0.05) is 66.5 Å². The van der Waals surface area contributed by atoms with Gasteiger partial charge in [-0.3, -0.25) is 29.0 Å². The first-order valence-electron chi connectivity index (χ1n) is 8.93. The monoisotopic (exact) mass is 430 g/mol. The van der Waals surface area contributed by atoms with Crippen molar-refractivity contribution in [3.63, 3.8) is 0 Å². The molecule has 3 rings (SSSR count). The van der Waals surface area contributed by atoms with Crippen LogP contribution >= 0.6 is 24.0 Å². The Morgan fingerprint density at radius 1 is 1.24 bits per heavy atom. The van der Waals surface area contributed by atoms with E-state index in [-0.39, 0.29) is 30.1 Å². The van der Waals surface area contributed by atoms with Crippen LogP contribution in [0.15, 0.2) is 47.4 Å². The fourth-order valence-corrected chi connectivity index (χ4v) is 4.37. The quantitative estimate of drug-likeness (QED) is 0.403. The maximum atomic E-state index is 12.8. The lowest BCUT2D eigenvalue weighted by molar-refractivity contribution is -0.142. The molecule has 3 amide bonds. The highest BCUT2D eigenvalue weighted by Crippen LogP contribution is 2.35. The minimum absolute atomic E-state index is 0.0188. The molecule has 1 aromatic carbocycles. The molecule has 0 aliphatic carbocycles. The largest absolute Gasteiger partial charge is 0.481 e. The van der Waals surface area contributed by atoms with E-state index in [1.807, 2.05) is 36.4 Å². The lowest BCUT2D eigenvalue weighted by Crippen LogP contribution is -2.44. The van der Waals surface area contributed by atoms with Crippen LogP contribution in [-0.2, 0) is 19.2 Å². The van der Waals surface area contributed by atoms with Crippen molar-refractivity contribution in [3.05, 3.63) is 53.0 Å². The lowest BCUT2D eigenvalue weighted by atomic mass is 10.2. The van der Waals surface area contributed by atoms with Crippen LogP contribution in [0.5, 0.6) is 0 Å². The number of carbonyl (C=O) groups excluding carboxylic acids is 3. The number of hydrogen-bond acceptors (Lipinski definition) is 6. The van der Waals surface area contributed by atoms with Gasteiger partial charge in [-0.2, -0.15) is 0 Å². The first-order valence-corrected chi connectivity index (χ1v) is 10.2. The first-order chi connectivity index (χ1) is 13.9. The number of thioether (sulfide) groups is 1. The van der Waals surface area contributed by atoms with E-state index < -0.39 is 29.7 Å². The van der Waals surface area contributed by atoms with E-state index in [2.05, 4.69) is 0 Å². The van der Waals surface area contributed by atoms with Crippen LogP contribution in [0.25, 0.3) is 6.08 Å². The van der Waals surface area contributed by atoms with Gasteiger partial charge in [0.15, 0.2) is 0 Å². The maximum Gasteiger partial charge on any atom is 0.303 e. The number of allylic oxidation sites excluding steroid dienone is 2. The molecule has 0 saturated carbocycles. The van der Waals surface area contributed by atoms with Crippen LogP contribution in [-0.4, -0.2) is 55.5 Å². The van der Waals surface area contributed by atoms with Gasteiger partial charge in [0.05, 0.1) is 11.3 Å². The zero-order valence-electron chi connectivity index (χ0n) is 15.3. The van der Waals surface area contributed by atoms with E-state index in [0.717, 1.165) is 22.2 Å². The number of benzene rings is 1. The molecule has 1 N–H and O–H groups in total. The van der Waals surface area contributed by atoms with Crippen molar-refractivity contribution in [1.29, 1.82) is 0 Å². The number of carbonyl (C=O) groups is 4. The van der Waals surface area contributed by atoms with Crippen molar-refractivity contribution in [2.24, 2.45) is 0 Å². The number of carboxylic acids is 1. The van der Waals surface area contributed by atoms with Crippen molar-refractivity contribution in [2.45, 2.75) is 25.3 Å². The summed E-state index contributed by atoms with van der Waals surface area (Å²) in [4.78, 5) is 50.8. The van der Waals surface area contributed by atoms with Crippen molar-refractivity contribution < 1.29 is 24.3 Å². The van der Waals surface area contributed by atoms with Gasteiger partial charge in [0.25, 0.3) is 11.8 Å². The first kappa shape index (κ1) is 20.9. The Labute approximate surface area is 177 Å². The van der Waals surface area contributed by atoms with Gasteiger partial charge >= 0.3 is 5.97 Å². The molecule has 1 unspecified atom stereocenters. The Hall–Kier alpha value is -2.78. The van der Waals surface area contributed by atoms with Crippen molar-refractivity contribution in [1.82, 2.24) is 9.80 Å². The molecule has 1 atom stereocenters. The SMILES string of the molecule is O=C(O)CCCN1C(=O)CC(N2C(=O)/C(=C/C=C/c3ccccc3)SC2=S)C1=O. The Balaban J connectivity index is 1.68. The highest BCUT2D eigenvalue weighted by molar-refractivity contribution is 8.26. The van der Waals surface area contributed by atoms with Gasteiger partial charge in [0.2, 0.25) is 5.91 Å². The number of likely N-dealkylation sites (tertiary alicyclic amines) is 1. The van der Waals surface area contributed by atoms with Crippen LogP contribution in [0.2, 0.25) is 0 Å². The molecule has 0 aromatic heterocycles. The molecule has 29 heavy (non-hydrogen) atoms. The molecular weight excluding hydrogens is 412 g/mol. The number of nitrogens with zero attached hydrogens (tertiary/aromatic N) is 2. The Morgan fingerprint density at radius 3 is 2.66 bits per heavy atom. The summed E-state index contributed by atoms with van der Waals surface area (Å²) in [5, 5.41) is 8.71. The van der Waals surface area contributed by atoms with Crippen LogP contribution in [0.1, 0.15) is 24.8 Å². The van der Waals surface area contributed by atoms with Gasteiger partial charge in [0.1, 0.15) is 10.4 Å². The third kappa shape index (κ3) is 4.80. The number of amides is 3. The fourth-order valence-electron chi connectivity index (χ4n) is 3.06. The van der Waals surface area contributed by atoms with E-state index in [1.54, 1.807) is 12.2 Å². The molecule has 9 heteroatoms. The second kappa shape index (κ2) is 9.15. The second-order valence-corrected chi connectivity index (χ2v) is 8.12. The van der Waals surface area contributed by atoms with E-state index in [9.17, 15) is 19.2 Å². The summed E-state index contributed by atoms with van der Waals surface area (Å²) >= 11 is 6.36. The summed E-state index contributed by atoms with van der Waals surface area (Å²) in [6.45, 7) is 0.0188. The molecule has 2 heterocycles. The molecular formula is C20H18N2O5S2. The van der Waals surface area contributed by atoms with Crippen LogP contribution in [0.4, 0.5) is 0 Å². The normalized spacial score (nSPS) is 21.2. The Kier molecular flexibility index (Phi) is 6.60. The number of imide groups is 1. The molecule has 0 radical (unpaired) electrons. The second-order valence-electron chi connectivity index (χ2n) is 6.44. The third-order valence-electron chi connectivity index (χ3n) is 4.46. The third-order valence-corrected chi connectivity index (χ3v) is 5.81. The molecule has 2 aliphatic heterocycles. The summed E-state index contributed by atoms with van der Waals surface area (Å²) in [5.74, 6) is -2.34. The van der Waals surface area contributed by atoms with Gasteiger partial charge in [0, 0.05) is 13.0 Å². The molecule has 2 saturated heterocycles. The lowest BCUT2D eigenvalue weighted by Gasteiger charge is -2.21. The fraction of sp³-hybridized carbons (Fsp3) is 0.250. The van der Waals surface area contributed by atoms with E-state index in [0.29, 0.717) is 4.91 Å². The smallest absolute Gasteiger partial charge is 0.303 e. The van der Waals surface area contributed by atoms with Crippen LogP contribution in [0, 0.1) is 0 Å². The van der Waals surface area contributed by atoms with Crippen LogP contribution in [0.3, 0.4) is 0 Å². The number of rotatable bonds is 7.